The van der Waals surface area contributed by atoms with Gasteiger partial charge in [-0.05, 0) is 26.2 Å². The highest BCUT2D eigenvalue weighted by molar-refractivity contribution is 5.14. The van der Waals surface area contributed by atoms with Gasteiger partial charge in [-0.15, -0.1) is 0 Å². The standard InChI is InChI=1S/C8H13NO/c1-6-9-7-4-2-3-5-8(7)10-6/h6,9H,2-5H2,1H3. The van der Waals surface area contributed by atoms with Gasteiger partial charge in [0.1, 0.15) is 5.76 Å². The summed E-state index contributed by atoms with van der Waals surface area (Å²) < 4.78 is 5.53. The molecule has 2 nitrogen and oxygen atoms in total. The first-order valence-corrected chi connectivity index (χ1v) is 4.01. The number of rotatable bonds is 0. The summed E-state index contributed by atoms with van der Waals surface area (Å²) in [6.45, 7) is 2.05. The predicted molar refractivity (Wildman–Crippen MR) is 39.2 cm³/mol. The van der Waals surface area contributed by atoms with Crippen molar-refractivity contribution in [2.45, 2.75) is 38.8 Å². The van der Waals surface area contributed by atoms with E-state index in [4.69, 9.17) is 4.74 Å². The summed E-state index contributed by atoms with van der Waals surface area (Å²) in [7, 11) is 0. The second kappa shape index (κ2) is 2.19. The molecule has 56 valence electrons. The van der Waals surface area contributed by atoms with Crippen LogP contribution in [0.1, 0.15) is 32.6 Å². The molecule has 1 aliphatic carbocycles. The van der Waals surface area contributed by atoms with Gasteiger partial charge in [-0.3, -0.25) is 0 Å². The summed E-state index contributed by atoms with van der Waals surface area (Å²) >= 11 is 0. The molecule has 2 rings (SSSR count). The summed E-state index contributed by atoms with van der Waals surface area (Å²) in [5.74, 6) is 1.22. The van der Waals surface area contributed by atoms with E-state index in [1.54, 1.807) is 0 Å². The van der Waals surface area contributed by atoms with Crippen molar-refractivity contribution in [3.8, 4) is 0 Å². The highest BCUT2D eigenvalue weighted by Crippen LogP contribution is 2.28. The number of nitrogens with one attached hydrogen (secondary N) is 1. The average Bonchev–Trinajstić information content (AvgIpc) is 2.27. The molecule has 0 bridgehead atoms. The molecule has 0 saturated carbocycles. The topological polar surface area (TPSA) is 21.3 Å². The van der Waals surface area contributed by atoms with Crippen LogP contribution in [0.2, 0.25) is 0 Å². The van der Waals surface area contributed by atoms with Crippen molar-refractivity contribution in [1.29, 1.82) is 0 Å². The van der Waals surface area contributed by atoms with Gasteiger partial charge in [0.25, 0.3) is 0 Å². The van der Waals surface area contributed by atoms with Gasteiger partial charge in [0.05, 0.1) is 5.70 Å². The highest BCUT2D eigenvalue weighted by atomic mass is 16.5. The molecular weight excluding hydrogens is 126 g/mol. The van der Waals surface area contributed by atoms with Gasteiger partial charge in [0, 0.05) is 6.42 Å². The Morgan fingerprint density at radius 1 is 1.40 bits per heavy atom. The van der Waals surface area contributed by atoms with Gasteiger partial charge in [-0.25, -0.2) is 0 Å². The molecule has 1 unspecified atom stereocenters. The zero-order chi connectivity index (χ0) is 6.97. The monoisotopic (exact) mass is 139 g/mol. The van der Waals surface area contributed by atoms with Crippen molar-refractivity contribution < 1.29 is 4.74 Å². The van der Waals surface area contributed by atoms with Crippen LogP contribution in [0.4, 0.5) is 0 Å². The Hall–Kier alpha value is -0.660. The lowest BCUT2D eigenvalue weighted by Crippen LogP contribution is -2.19. The summed E-state index contributed by atoms with van der Waals surface area (Å²) in [5.41, 5.74) is 1.36. The third-order valence-electron chi connectivity index (χ3n) is 2.11. The fourth-order valence-corrected chi connectivity index (χ4v) is 1.65. The van der Waals surface area contributed by atoms with Crippen molar-refractivity contribution in [2.24, 2.45) is 0 Å². The molecule has 0 fully saturated rings. The van der Waals surface area contributed by atoms with Crippen molar-refractivity contribution in [3.05, 3.63) is 11.5 Å². The molecule has 2 heteroatoms. The van der Waals surface area contributed by atoms with E-state index < -0.39 is 0 Å². The van der Waals surface area contributed by atoms with E-state index in [0.717, 1.165) is 6.42 Å². The Morgan fingerprint density at radius 2 is 2.20 bits per heavy atom. The quantitative estimate of drug-likeness (QED) is 0.552. The van der Waals surface area contributed by atoms with Crippen LogP contribution >= 0.6 is 0 Å². The van der Waals surface area contributed by atoms with E-state index in [-0.39, 0.29) is 6.23 Å². The Balaban J connectivity index is 2.13. The van der Waals surface area contributed by atoms with Crippen LogP contribution in [-0.2, 0) is 4.74 Å². The van der Waals surface area contributed by atoms with Gasteiger partial charge in [-0.2, -0.15) is 0 Å². The van der Waals surface area contributed by atoms with Crippen molar-refractivity contribution in [2.75, 3.05) is 0 Å². The molecule has 1 heterocycles. The summed E-state index contributed by atoms with van der Waals surface area (Å²) in [6.07, 6.45) is 5.18. The van der Waals surface area contributed by atoms with Gasteiger partial charge >= 0.3 is 0 Å². The van der Waals surface area contributed by atoms with E-state index in [1.165, 1.54) is 30.7 Å². The van der Waals surface area contributed by atoms with Gasteiger partial charge in [0.15, 0.2) is 6.23 Å². The summed E-state index contributed by atoms with van der Waals surface area (Å²) in [4.78, 5) is 0. The van der Waals surface area contributed by atoms with Gasteiger partial charge in [-0.1, -0.05) is 0 Å². The van der Waals surface area contributed by atoms with Crippen LogP contribution in [0.25, 0.3) is 0 Å². The minimum atomic E-state index is 0.225. The second-order valence-corrected chi connectivity index (χ2v) is 3.01. The van der Waals surface area contributed by atoms with Crippen LogP contribution < -0.4 is 5.32 Å². The minimum absolute atomic E-state index is 0.225. The smallest absolute Gasteiger partial charge is 0.166 e. The number of allylic oxidation sites excluding steroid dienone is 2. The zero-order valence-corrected chi connectivity index (χ0v) is 6.31. The lowest BCUT2D eigenvalue weighted by atomic mass is 10.0. The van der Waals surface area contributed by atoms with E-state index >= 15 is 0 Å². The predicted octanol–water partition coefficient (Wildman–Crippen LogP) is 1.74. The molecule has 0 saturated heterocycles. The maximum absolute atomic E-state index is 5.53. The molecule has 0 aromatic carbocycles. The normalized spacial score (nSPS) is 31.1. The third-order valence-corrected chi connectivity index (χ3v) is 2.11. The SMILES string of the molecule is CC1NC2=C(CCCC2)O1. The fourth-order valence-electron chi connectivity index (χ4n) is 1.65. The Bertz CT molecular complexity index is 156. The number of hydrogen-bond donors (Lipinski definition) is 1. The van der Waals surface area contributed by atoms with Crippen molar-refractivity contribution in [1.82, 2.24) is 5.32 Å². The maximum atomic E-state index is 5.53. The molecule has 0 amide bonds. The molecule has 1 aliphatic heterocycles. The Kier molecular flexibility index (Phi) is 1.33. The molecule has 0 aromatic heterocycles. The molecule has 1 atom stereocenters. The summed E-state index contributed by atoms with van der Waals surface area (Å²) in [6, 6.07) is 0. The maximum Gasteiger partial charge on any atom is 0.166 e. The number of ether oxygens (including phenoxy) is 1. The minimum Gasteiger partial charge on any atom is -0.474 e. The van der Waals surface area contributed by atoms with Crippen LogP contribution in [-0.4, -0.2) is 6.23 Å². The molecule has 2 aliphatic rings. The third kappa shape index (κ3) is 0.877. The zero-order valence-electron chi connectivity index (χ0n) is 6.31. The second-order valence-electron chi connectivity index (χ2n) is 3.01. The molecule has 1 N–H and O–H groups in total. The van der Waals surface area contributed by atoms with Crippen LogP contribution in [0.5, 0.6) is 0 Å². The lowest BCUT2D eigenvalue weighted by molar-refractivity contribution is 0.137. The first-order valence-electron chi connectivity index (χ1n) is 4.01. The fraction of sp³-hybridized carbons (Fsp3) is 0.750. The van der Waals surface area contributed by atoms with Crippen LogP contribution in [0.15, 0.2) is 11.5 Å². The first kappa shape index (κ1) is 6.08. The molecule has 0 radical (unpaired) electrons. The van der Waals surface area contributed by atoms with E-state index in [0.29, 0.717) is 0 Å². The van der Waals surface area contributed by atoms with E-state index in [1.807, 2.05) is 0 Å². The lowest BCUT2D eigenvalue weighted by Gasteiger charge is -2.09. The largest absolute Gasteiger partial charge is 0.474 e. The van der Waals surface area contributed by atoms with Crippen molar-refractivity contribution in [3.63, 3.8) is 0 Å². The van der Waals surface area contributed by atoms with E-state index in [2.05, 4.69) is 12.2 Å². The highest BCUT2D eigenvalue weighted by Gasteiger charge is 2.22. The van der Waals surface area contributed by atoms with Gasteiger partial charge < -0.3 is 10.1 Å². The average molecular weight is 139 g/mol. The van der Waals surface area contributed by atoms with Crippen molar-refractivity contribution >= 4 is 0 Å². The molecule has 10 heavy (non-hydrogen) atoms. The Morgan fingerprint density at radius 3 is 3.00 bits per heavy atom. The van der Waals surface area contributed by atoms with Gasteiger partial charge in [0.2, 0.25) is 0 Å². The molecule has 0 spiro atoms. The van der Waals surface area contributed by atoms with Crippen LogP contribution in [0.3, 0.4) is 0 Å². The molecular formula is C8H13NO. The molecule has 0 aromatic rings. The number of hydrogen-bond acceptors (Lipinski definition) is 2. The van der Waals surface area contributed by atoms with E-state index in [9.17, 15) is 0 Å². The van der Waals surface area contributed by atoms with Crippen LogP contribution in [0, 0.1) is 0 Å². The first-order chi connectivity index (χ1) is 4.86. The Labute approximate surface area is 61.3 Å². The summed E-state index contributed by atoms with van der Waals surface area (Å²) in [5, 5.41) is 3.31.